The molecule has 0 saturated carbocycles. The van der Waals surface area contributed by atoms with E-state index in [9.17, 15) is 4.79 Å². The molecular weight excluding hydrogens is 162 g/mol. The Morgan fingerprint density at radius 2 is 1.85 bits per heavy atom. The van der Waals surface area contributed by atoms with Crippen LogP contribution < -0.4 is 5.73 Å². The van der Waals surface area contributed by atoms with Crippen molar-refractivity contribution in [2.45, 2.75) is 52.9 Å². The van der Waals surface area contributed by atoms with Crippen molar-refractivity contribution >= 4 is 5.78 Å². The lowest BCUT2D eigenvalue weighted by atomic mass is 9.82. The number of rotatable bonds is 7. The van der Waals surface area contributed by atoms with Crippen LogP contribution in [0.1, 0.15) is 52.9 Å². The molecule has 0 radical (unpaired) electrons. The standard InChI is InChI=1S/C11H23NO/c1-4-5-6-7-8-11(2,3)10(13)9-12/h4-9,12H2,1-3H3. The number of Topliss-reactive ketones (excluding diaryl/α,β-unsaturated/α-hetero) is 1. The van der Waals surface area contributed by atoms with Gasteiger partial charge in [0.1, 0.15) is 0 Å². The Kier molecular flexibility index (Phi) is 5.97. The molecule has 0 heterocycles. The van der Waals surface area contributed by atoms with Crippen LogP contribution >= 0.6 is 0 Å². The fourth-order valence-electron chi connectivity index (χ4n) is 1.41. The van der Waals surface area contributed by atoms with Gasteiger partial charge in [-0.3, -0.25) is 4.79 Å². The molecular formula is C11H23NO. The monoisotopic (exact) mass is 185 g/mol. The van der Waals surface area contributed by atoms with Crippen LogP contribution in [0.15, 0.2) is 0 Å². The van der Waals surface area contributed by atoms with Gasteiger partial charge in [0.05, 0.1) is 6.54 Å². The van der Waals surface area contributed by atoms with E-state index in [2.05, 4.69) is 6.92 Å². The Balaban J connectivity index is 3.69. The van der Waals surface area contributed by atoms with Crippen LogP contribution in [-0.2, 0) is 4.79 Å². The molecule has 78 valence electrons. The quantitative estimate of drug-likeness (QED) is 0.619. The van der Waals surface area contributed by atoms with Gasteiger partial charge in [0.15, 0.2) is 5.78 Å². The predicted molar refractivity (Wildman–Crippen MR) is 56.6 cm³/mol. The average molecular weight is 185 g/mol. The molecule has 0 aliphatic rings. The summed E-state index contributed by atoms with van der Waals surface area (Å²) in [6.45, 7) is 6.36. The van der Waals surface area contributed by atoms with Crippen molar-refractivity contribution in [3.05, 3.63) is 0 Å². The Labute approximate surface area is 81.9 Å². The lowest BCUT2D eigenvalue weighted by Crippen LogP contribution is -2.30. The number of hydrogen-bond donors (Lipinski definition) is 1. The van der Waals surface area contributed by atoms with Crippen molar-refractivity contribution in [1.29, 1.82) is 0 Å². The molecule has 0 amide bonds. The molecule has 0 aliphatic heterocycles. The number of nitrogens with two attached hydrogens (primary N) is 1. The predicted octanol–water partition coefficient (Wildman–Crippen LogP) is 2.51. The fourth-order valence-corrected chi connectivity index (χ4v) is 1.41. The highest BCUT2D eigenvalue weighted by Gasteiger charge is 2.24. The van der Waals surface area contributed by atoms with Gasteiger partial charge in [-0.25, -0.2) is 0 Å². The summed E-state index contributed by atoms with van der Waals surface area (Å²) in [5.41, 5.74) is 5.13. The number of carbonyl (C=O) groups is 1. The first-order chi connectivity index (χ1) is 6.04. The zero-order valence-electron chi connectivity index (χ0n) is 9.23. The van der Waals surface area contributed by atoms with Crippen molar-refractivity contribution in [2.24, 2.45) is 11.1 Å². The summed E-state index contributed by atoms with van der Waals surface area (Å²) in [7, 11) is 0. The van der Waals surface area contributed by atoms with E-state index in [0.29, 0.717) is 0 Å². The van der Waals surface area contributed by atoms with E-state index in [0.717, 1.165) is 12.8 Å². The Bertz CT molecular complexity index is 152. The molecule has 2 heteroatoms. The van der Waals surface area contributed by atoms with Gasteiger partial charge in [0.25, 0.3) is 0 Å². The SMILES string of the molecule is CCCCCCC(C)(C)C(=O)CN. The molecule has 2 N–H and O–H groups in total. The molecule has 0 spiro atoms. The van der Waals surface area contributed by atoms with Gasteiger partial charge >= 0.3 is 0 Å². The summed E-state index contributed by atoms with van der Waals surface area (Å²) in [4.78, 5) is 11.4. The Morgan fingerprint density at radius 1 is 1.23 bits per heavy atom. The van der Waals surface area contributed by atoms with E-state index >= 15 is 0 Å². The zero-order chi connectivity index (χ0) is 10.3. The second-order valence-corrected chi connectivity index (χ2v) is 4.32. The van der Waals surface area contributed by atoms with E-state index in [1.807, 2.05) is 13.8 Å². The van der Waals surface area contributed by atoms with Crippen molar-refractivity contribution in [1.82, 2.24) is 0 Å². The summed E-state index contributed by atoms with van der Waals surface area (Å²) in [5.74, 6) is 0.184. The molecule has 0 aromatic carbocycles. The van der Waals surface area contributed by atoms with Crippen LogP contribution in [0.5, 0.6) is 0 Å². The molecule has 0 unspecified atom stereocenters. The van der Waals surface area contributed by atoms with Gasteiger partial charge in [0.2, 0.25) is 0 Å². The first kappa shape index (κ1) is 12.6. The average Bonchev–Trinajstić information content (AvgIpc) is 2.11. The van der Waals surface area contributed by atoms with Gasteiger partial charge in [-0.05, 0) is 6.42 Å². The number of carbonyl (C=O) groups excluding carboxylic acids is 1. The second kappa shape index (κ2) is 6.14. The van der Waals surface area contributed by atoms with Crippen LogP contribution in [0.25, 0.3) is 0 Å². The van der Waals surface area contributed by atoms with Crippen LogP contribution in [0.2, 0.25) is 0 Å². The zero-order valence-corrected chi connectivity index (χ0v) is 9.23. The molecule has 0 saturated heterocycles. The van der Waals surface area contributed by atoms with Crippen LogP contribution in [0.4, 0.5) is 0 Å². The molecule has 0 bridgehead atoms. The molecule has 0 atom stereocenters. The van der Waals surface area contributed by atoms with Crippen LogP contribution in [0, 0.1) is 5.41 Å². The van der Waals surface area contributed by atoms with E-state index in [4.69, 9.17) is 5.73 Å². The molecule has 0 aromatic heterocycles. The summed E-state index contributed by atoms with van der Waals surface area (Å²) < 4.78 is 0. The molecule has 0 fully saturated rings. The van der Waals surface area contributed by atoms with Crippen molar-refractivity contribution < 1.29 is 4.79 Å². The molecule has 2 nitrogen and oxygen atoms in total. The van der Waals surface area contributed by atoms with Gasteiger partial charge in [-0.1, -0.05) is 46.5 Å². The summed E-state index contributed by atoms with van der Waals surface area (Å²) >= 11 is 0. The highest BCUT2D eigenvalue weighted by molar-refractivity contribution is 5.85. The maximum atomic E-state index is 11.4. The van der Waals surface area contributed by atoms with Gasteiger partial charge in [0, 0.05) is 5.41 Å². The first-order valence-corrected chi connectivity index (χ1v) is 5.28. The summed E-state index contributed by atoms with van der Waals surface area (Å²) in [6.07, 6.45) is 5.87. The van der Waals surface area contributed by atoms with Gasteiger partial charge < -0.3 is 5.73 Å². The van der Waals surface area contributed by atoms with Crippen molar-refractivity contribution in [2.75, 3.05) is 6.54 Å². The highest BCUT2D eigenvalue weighted by Crippen LogP contribution is 2.24. The van der Waals surface area contributed by atoms with Crippen molar-refractivity contribution in [3.63, 3.8) is 0 Å². The lowest BCUT2D eigenvalue weighted by Gasteiger charge is -2.21. The maximum Gasteiger partial charge on any atom is 0.151 e. The topological polar surface area (TPSA) is 43.1 Å². The lowest BCUT2D eigenvalue weighted by molar-refractivity contribution is -0.126. The second-order valence-electron chi connectivity index (χ2n) is 4.32. The number of hydrogen-bond acceptors (Lipinski definition) is 2. The fraction of sp³-hybridized carbons (Fsp3) is 0.909. The molecule has 0 aromatic rings. The smallest absolute Gasteiger partial charge is 0.151 e. The van der Waals surface area contributed by atoms with E-state index in [1.54, 1.807) is 0 Å². The Hall–Kier alpha value is -0.370. The normalized spacial score (nSPS) is 11.7. The third kappa shape index (κ3) is 5.04. The first-order valence-electron chi connectivity index (χ1n) is 5.28. The summed E-state index contributed by atoms with van der Waals surface area (Å²) in [6, 6.07) is 0. The van der Waals surface area contributed by atoms with E-state index < -0.39 is 0 Å². The largest absolute Gasteiger partial charge is 0.324 e. The maximum absolute atomic E-state index is 11.4. The molecule has 13 heavy (non-hydrogen) atoms. The number of unbranched alkanes of at least 4 members (excludes halogenated alkanes) is 3. The third-order valence-electron chi connectivity index (χ3n) is 2.60. The molecule has 0 aliphatic carbocycles. The van der Waals surface area contributed by atoms with Gasteiger partial charge in [-0.2, -0.15) is 0 Å². The molecule has 0 rings (SSSR count). The number of ketones is 1. The minimum atomic E-state index is -0.206. The third-order valence-corrected chi connectivity index (χ3v) is 2.60. The minimum absolute atomic E-state index is 0.181. The highest BCUT2D eigenvalue weighted by atomic mass is 16.1. The minimum Gasteiger partial charge on any atom is -0.324 e. The van der Waals surface area contributed by atoms with E-state index in [1.165, 1.54) is 19.3 Å². The van der Waals surface area contributed by atoms with Crippen LogP contribution in [0.3, 0.4) is 0 Å². The van der Waals surface area contributed by atoms with E-state index in [-0.39, 0.29) is 17.7 Å². The van der Waals surface area contributed by atoms with Crippen LogP contribution in [-0.4, -0.2) is 12.3 Å². The Morgan fingerprint density at radius 3 is 2.31 bits per heavy atom. The van der Waals surface area contributed by atoms with Gasteiger partial charge in [-0.15, -0.1) is 0 Å². The van der Waals surface area contributed by atoms with Crippen molar-refractivity contribution in [3.8, 4) is 0 Å². The summed E-state index contributed by atoms with van der Waals surface area (Å²) in [5, 5.41) is 0.